The van der Waals surface area contributed by atoms with E-state index in [0.29, 0.717) is 17.9 Å². The number of aryl methyl sites for hydroxylation is 1. The lowest BCUT2D eigenvalue weighted by molar-refractivity contribution is 0.122. The Morgan fingerprint density at radius 1 is 1.00 bits per heavy atom. The SMILES string of the molecule is CCCCCCCC(O)CC(CCc1ccc(O)c(CO)c1)NC(CO)C(C)C. The molecule has 5 heteroatoms. The van der Waals surface area contributed by atoms with E-state index >= 15 is 0 Å². The molecule has 1 rings (SSSR count). The van der Waals surface area contributed by atoms with E-state index in [1.165, 1.54) is 25.7 Å². The van der Waals surface area contributed by atoms with Crippen LogP contribution < -0.4 is 5.32 Å². The fraction of sp³-hybridized carbons (Fsp3) is 0.750. The van der Waals surface area contributed by atoms with E-state index in [1.54, 1.807) is 6.07 Å². The Bertz CT molecular complexity index is 550. The van der Waals surface area contributed by atoms with Crippen LogP contribution in [-0.4, -0.2) is 45.2 Å². The van der Waals surface area contributed by atoms with Crippen LogP contribution >= 0.6 is 0 Å². The van der Waals surface area contributed by atoms with Gasteiger partial charge < -0.3 is 25.7 Å². The van der Waals surface area contributed by atoms with Crippen LogP contribution in [0.25, 0.3) is 0 Å². The minimum absolute atomic E-state index is 0.00424. The van der Waals surface area contributed by atoms with Crippen molar-refractivity contribution in [3.63, 3.8) is 0 Å². The highest BCUT2D eigenvalue weighted by atomic mass is 16.3. The number of rotatable bonds is 16. The first kappa shape index (κ1) is 25.9. The number of aromatic hydroxyl groups is 1. The van der Waals surface area contributed by atoms with Gasteiger partial charge in [0.25, 0.3) is 0 Å². The van der Waals surface area contributed by atoms with Crippen molar-refractivity contribution < 1.29 is 20.4 Å². The molecule has 0 radical (unpaired) electrons. The van der Waals surface area contributed by atoms with E-state index in [0.717, 1.165) is 31.2 Å². The molecule has 5 nitrogen and oxygen atoms in total. The summed E-state index contributed by atoms with van der Waals surface area (Å²) in [5.74, 6) is 0.424. The number of nitrogens with one attached hydrogen (secondary N) is 1. The fourth-order valence-corrected chi connectivity index (χ4v) is 3.72. The second kappa shape index (κ2) is 14.8. The van der Waals surface area contributed by atoms with Crippen LogP contribution in [0.5, 0.6) is 5.75 Å². The first-order chi connectivity index (χ1) is 13.9. The van der Waals surface area contributed by atoms with Gasteiger partial charge in [-0.2, -0.15) is 0 Å². The second-order valence-electron chi connectivity index (χ2n) is 8.65. The van der Waals surface area contributed by atoms with Gasteiger partial charge >= 0.3 is 0 Å². The van der Waals surface area contributed by atoms with Gasteiger partial charge in [0.1, 0.15) is 5.75 Å². The molecule has 0 amide bonds. The van der Waals surface area contributed by atoms with Crippen LogP contribution in [0.4, 0.5) is 0 Å². The molecule has 1 aromatic rings. The van der Waals surface area contributed by atoms with E-state index in [1.807, 2.05) is 12.1 Å². The number of aliphatic hydroxyl groups excluding tert-OH is 3. The van der Waals surface area contributed by atoms with Crippen LogP contribution in [0.15, 0.2) is 18.2 Å². The molecule has 3 unspecified atom stereocenters. The third kappa shape index (κ3) is 10.4. The largest absolute Gasteiger partial charge is 0.508 e. The van der Waals surface area contributed by atoms with Crippen LogP contribution in [0.2, 0.25) is 0 Å². The molecule has 0 spiro atoms. The maximum absolute atomic E-state index is 10.5. The molecule has 0 aliphatic carbocycles. The number of unbranched alkanes of at least 4 members (excludes halogenated alkanes) is 4. The van der Waals surface area contributed by atoms with Gasteiger partial charge in [0, 0.05) is 17.6 Å². The molecule has 29 heavy (non-hydrogen) atoms. The Hall–Kier alpha value is -1.14. The molecule has 0 saturated heterocycles. The highest BCUT2D eigenvalue weighted by Gasteiger charge is 2.20. The number of phenols is 1. The smallest absolute Gasteiger partial charge is 0.121 e. The van der Waals surface area contributed by atoms with Gasteiger partial charge in [-0.25, -0.2) is 0 Å². The molecule has 0 aliphatic heterocycles. The summed E-state index contributed by atoms with van der Waals surface area (Å²) in [5, 5.41) is 42.9. The molecule has 0 aromatic heterocycles. The normalized spacial score (nSPS) is 14.9. The minimum Gasteiger partial charge on any atom is -0.508 e. The van der Waals surface area contributed by atoms with Crippen LogP contribution in [0.1, 0.15) is 83.3 Å². The third-order valence-corrected chi connectivity index (χ3v) is 5.74. The summed E-state index contributed by atoms with van der Waals surface area (Å²) in [6.07, 6.45) is 8.70. The van der Waals surface area contributed by atoms with E-state index in [9.17, 15) is 20.4 Å². The van der Waals surface area contributed by atoms with Gasteiger partial charge in [-0.15, -0.1) is 0 Å². The monoisotopic (exact) mass is 409 g/mol. The lowest BCUT2D eigenvalue weighted by Crippen LogP contribution is -2.45. The summed E-state index contributed by atoms with van der Waals surface area (Å²) in [5.41, 5.74) is 1.59. The zero-order chi connectivity index (χ0) is 21.6. The second-order valence-corrected chi connectivity index (χ2v) is 8.65. The molecule has 0 saturated carbocycles. The lowest BCUT2D eigenvalue weighted by atomic mass is 9.95. The van der Waals surface area contributed by atoms with Crippen molar-refractivity contribution >= 4 is 0 Å². The molecule has 0 bridgehead atoms. The van der Waals surface area contributed by atoms with E-state index in [4.69, 9.17) is 0 Å². The van der Waals surface area contributed by atoms with Crippen molar-refractivity contribution in [3.8, 4) is 5.75 Å². The predicted octanol–water partition coefficient (Wildman–Crippen LogP) is 3.90. The molecule has 0 fully saturated rings. The lowest BCUT2D eigenvalue weighted by Gasteiger charge is -2.29. The molecule has 3 atom stereocenters. The zero-order valence-corrected chi connectivity index (χ0v) is 18.6. The Balaban J connectivity index is 2.65. The van der Waals surface area contributed by atoms with Crippen LogP contribution in [0, 0.1) is 5.92 Å². The van der Waals surface area contributed by atoms with Gasteiger partial charge in [0.15, 0.2) is 0 Å². The fourth-order valence-electron chi connectivity index (χ4n) is 3.72. The summed E-state index contributed by atoms with van der Waals surface area (Å²) in [7, 11) is 0. The quantitative estimate of drug-likeness (QED) is 0.267. The molecular formula is C24H43NO4. The number of aliphatic hydroxyl groups is 3. The third-order valence-electron chi connectivity index (χ3n) is 5.74. The summed E-state index contributed by atoms with van der Waals surface area (Å²) in [6.45, 7) is 6.27. The molecule has 0 heterocycles. The van der Waals surface area contributed by atoms with Crippen molar-refractivity contribution in [2.24, 2.45) is 5.92 Å². The van der Waals surface area contributed by atoms with E-state index < -0.39 is 0 Å². The maximum Gasteiger partial charge on any atom is 0.121 e. The Morgan fingerprint density at radius 3 is 2.34 bits per heavy atom. The summed E-state index contributed by atoms with van der Waals surface area (Å²) < 4.78 is 0. The van der Waals surface area contributed by atoms with Gasteiger partial charge in [0.2, 0.25) is 0 Å². The Kier molecular flexibility index (Phi) is 13.2. The highest BCUT2D eigenvalue weighted by Crippen LogP contribution is 2.21. The topological polar surface area (TPSA) is 93.0 Å². The maximum atomic E-state index is 10.5. The average molecular weight is 410 g/mol. The Morgan fingerprint density at radius 2 is 1.72 bits per heavy atom. The number of hydrogen-bond acceptors (Lipinski definition) is 5. The van der Waals surface area contributed by atoms with Crippen molar-refractivity contribution in [1.82, 2.24) is 5.32 Å². The summed E-state index contributed by atoms with van der Waals surface area (Å²) >= 11 is 0. The highest BCUT2D eigenvalue weighted by molar-refractivity contribution is 5.35. The molecule has 0 aliphatic rings. The molecule has 1 aromatic carbocycles. The Labute approximate surface area is 177 Å². The first-order valence-electron chi connectivity index (χ1n) is 11.4. The van der Waals surface area contributed by atoms with Gasteiger partial charge in [-0.3, -0.25) is 0 Å². The van der Waals surface area contributed by atoms with Crippen LogP contribution in [-0.2, 0) is 13.0 Å². The molecule has 5 N–H and O–H groups in total. The van der Waals surface area contributed by atoms with Crippen LogP contribution in [0.3, 0.4) is 0 Å². The van der Waals surface area contributed by atoms with Gasteiger partial charge in [0.05, 0.1) is 19.3 Å². The van der Waals surface area contributed by atoms with Crippen molar-refractivity contribution in [2.45, 2.75) is 103 Å². The van der Waals surface area contributed by atoms with E-state index in [2.05, 4.69) is 26.1 Å². The van der Waals surface area contributed by atoms with Crippen molar-refractivity contribution in [2.75, 3.05) is 6.61 Å². The zero-order valence-electron chi connectivity index (χ0n) is 18.6. The number of hydrogen-bond donors (Lipinski definition) is 5. The molecule has 168 valence electrons. The minimum atomic E-state index is -0.339. The number of benzene rings is 1. The van der Waals surface area contributed by atoms with Gasteiger partial charge in [-0.1, -0.05) is 58.9 Å². The van der Waals surface area contributed by atoms with Crippen molar-refractivity contribution in [3.05, 3.63) is 29.3 Å². The van der Waals surface area contributed by atoms with E-state index in [-0.39, 0.29) is 37.2 Å². The van der Waals surface area contributed by atoms with Crippen molar-refractivity contribution in [1.29, 1.82) is 0 Å². The average Bonchev–Trinajstić information content (AvgIpc) is 2.70. The summed E-state index contributed by atoms with van der Waals surface area (Å²) in [6, 6.07) is 5.44. The van der Waals surface area contributed by atoms with Gasteiger partial charge in [-0.05, 0) is 49.3 Å². The first-order valence-corrected chi connectivity index (χ1v) is 11.4. The summed E-state index contributed by atoms with van der Waals surface area (Å²) in [4.78, 5) is 0. The predicted molar refractivity (Wildman–Crippen MR) is 119 cm³/mol. The standard InChI is InChI=1S/C24H43NO4/c1-4-5-6-7-8-9-22(28)15-21(25-23(17-27)18(2)3)12-10-19-11-13-24(29)20(14-19)16-26/h11,13-14,18,21-23,25-29H,4-10,12,15-17H2,1-3H3. The molecular weight excluding hydrogens is 366 g/mol.